The van der Waals surface area contributed by atoms with Gasteiger partial charge in [-0.2, -0.15) is 5.10 Å². The van der Waals surface area contributed by atoms with Crippen molar-refractivity contribution in [3.8, 4) is 11.5 Å². The Labute approximate surface area is 158 Å². The molecule has 4 nitrogen and oxygen atoms in total. The molecule has 0 bridgehead atoms. The van der Waals surface area contributed by atoms with Crippen LogP contribution < -0.4 is 4.74 Å². The first-order valence-corrected chi connectivity index (χ1v) is 9.13. The summed E-state index contributed by atoms with van der Waals surface area (Å²) in [4.78, 5) is 0. The van der Waals surface area contributed by atoms with Crippen molar-refractivity contribution in [2.24, 2.45) is 11.0 Å². The molecule has 27 heavy (non-hydrogen) atoms. The first-order valence-electron chi connectivity index (χ1n) is 9.13. The molecule has 3 atom stereocenters. The predicted molar refractivity (Wildman–Crippen MR) is 105 cm³/mol. The van der Waals surface area contributed by atoms with Crippen LogP contribution in [0.15, 0.2) is 84.0 Å². The molecule has 0 aromatic heterocycles. The van der Waals surface area contributed by atoms with Gasteiger partial charge in [-0.1, -0.05) is 60.7 Å². The minimum atomic E-state index is -0.142. The molecule has 2 aliphatic rings. The van der Waals surface area contributed by atoms with E-state index in [4.69, 9.17) is 9.84 Å². The molecule has 3 aromatic rings. The van der Waals surface area contributed by atoms with Crippen LogP contribution in [-0.2, 0) is 0 Å². The molecule has 0 saturated carbocycles. The topological polar surface area (TPSA) is 45.1 Å². The zero-order valence-electron chi connectivity index (χ0n) is 15.0. The van der Waals surface area contributed by atoms with Crippen LogP contribution in [0.2, 0.25) is 0 Å². The molecular formula is C23H20N2O2. The average molecular weight is 356 g/mol. The largest absolute Gasteiger partial charge is 0.508 e. The van der Waals surface area contributed by atoms with Gasteiger partial charge in [0.1, 0.15) is 17.6 Å². The van der Waals surface area contributed by atoms with Crippen molar-refractivity contribution in [1.82, 2.24) is 5.01 Å². The average Bonchev–Trinajstić information content (AvgIpc) is 3.06. The quantitative estimate of drug-likeness (QED) is 0.734. The third kappa shape index (κ3) is 2.56. The van der Waals surface area contributed by atoms with Crippen LogP contribution in [0.5, 0.6) is 11.5 Å². The second-order valence-electron chi connectivity index (χ2n) is 7.07. The van der Waals surface area contributed by atoms with Crippen LogP contribution in [0.25, 0.3) is 0 Å². The molecule has 4 heteroatoms. The first kappa shape index (κ1) is 15.9. The van der Waals surface area contributed by atoms with Crippen LogP contribution in [0, 0.1) is 5.92 Å². The Bertz CT molecular complexity index is 1000. The van der Waals surface area contributed by atoms with Gasteiger partial charge in [0.05, 0.1) is 17.7 Å². The van der Waals surface area contributed by atoms with Crippen molar-refractivity contribution >= 4 is 5.71 Å². The van der Waals surface area contributed by atoms with Crippen molar-refractivity contribution in [1.29, 1.82) is 0 Å². The maximum atomic E-state index is 10.0. The second kappa shape index (κ2) is 6.16. The highest BCUT2D eigenvalue weighted by Gasteiger charge is 2.47. The summed E-state index contributed by atoms with van der Waals surface area (Å²) in [6, 6.07) is 26.0. The van der Waals surface area contributed by atoms with Gasteiger partial charge in [-0.25, -0.2) is 0 Å². The summed E-state index contributed by atoms with van der Waals surface area (Å²) in [7, 11) is 2.01. The van der Waals surface area contributed by atoms with Crippen molar-refractivity contribution in [2.45, 2.75) is 12.1 Å². The molecule has 0 radical (unpaired) electrons. The Hall–Kier alpha value is -3.27. The van der Waals surface area contributed by atoms with Crippen LogP contribution in [0.3, 0.4) is 0 Å². The molecule has 134 valence electrons. The summed E-state index contributed by atoms with van der Waals surface area (Å²) in [5.74, 6) is 1.02. The predicted octanol–water partition coefficient (Wildman–Crippen LogP) is 4.53. The Kier molecular flexibility index (Phi) is 3.64. The summed E-state index contributed by atoms with van der Waals surface area (Å²) < 4.78 is 6.47. The number of benzene rings is 3. The van der Waals surface area contributed by atoms with E-state index in [2.05, 4.69) is 36.4 Å². The molecule has 0 aliphatic carbocycles. The van der Waals surface area contributed by atoms with Crippen LogP contribution in [0.4, 0.5) is 0 Å². The maximum Gasteiger partial charge on any atom is 0.135 e. The zero-order valence-corrected chi connectivity index (χ0v) is 15.0. The minimum Gasteiger partial charge on any atom is -0.508 e. The lowest BCUT2D eigenvalue weighted by atomic mass is 9.79. The molecule has 1 N–H and O–H groups in total. The van der Waals surface area contributed by atoms with Crippen molar-refractivity contribution in [3.05, 3.63) is 95.6 Å². The van der Waals surface area contributed by atoms with Gasteiger partial charge in [-0.3, -0.25) is 5.01 Å². The molecule has 5 rings (SSSR count). The molecule has 0 amide bonds. The van der Waals surface area contributed by atoms with Crippen LogP contribution in [0.1, 0.15) is 28.8 Å². The third-order valence-electron chi connectivity index (χ3n) is 5.41. The standard InChI is InChI=1S/C23H20N2O2/c1-25-22(15-8-4-2-5-9-15)20-21(24-25)18-14-17(26)12-13-19(18)27-23(20)16-10-6-3-7-11-16/h2-14,20,22-23,26H,1H3. The zero-order chi connectivity index (χ0) is 18.4. The number of hydrazone groups is 1. The molecule has 0 spiro atoms. The highest BCUT2D eigenvalue weighted by molar-refractivity contribution is 6.07. The first-order chi connectivity index (χ1) is 13.2. The van der Waals surface area contributed by atoms with E-state index in [1.54, 1.807) is 12.1 Å². The fourth-order valence-corrected chi connectivity index (χ4v) is 4.25. The lowest BCUT2D eigenvalue weighted by molar-refractivity contribution is 0.113. The van der Waals surface area contributed by atoms with E-state index >= 15 is 0 Å². The van der Waals surface area contributed by atoms with E-state index in [0.717, 1.165) is 22.6 Å². The number of phenolic OH excluding ortho intramolecular Hbond substituents is 1. The van der Waals surface area contributed by atoms with E-state index < -0.39 is 0 Å². The molecular weight excluding hydrogens is 336 g/mol. The van der Waals surface area contributed by atoms with Gasteiger partial charge in [0, 0.05) is 12.6 Å². The maximum absolute atomic E-state index is 10.0. The summed E-state index contributed by atoms with van der Waals surface area (Å²) in [5, 5.41) is 16.9. The van der Waals surface area contributed by atoms with Gasteiger partial charge in [-0.15, -0.1) is 0 Å². The van der Waals surface area contributed by atoms with E-state index in [-0.39, 0.29) is 23.8 Å². The van der Waals surface area contributed by atoms with Crippen LogP contribution >= 0.6 is 0 Å². The van der Waals surface area contributed by atoms with Gasteiger partial charge in [0.25, 0.3) is 0 Å². The van der Waals surface area contributed by atoms with Gasteiger partial charge < -0.3 is 9.84 Å². The van der Waals surface area contributed by atoms with E-state index in [1.807, 2.05) is 42.4 Å². The number of aromatic hydroxyl groups is 1. The molecule has 0 fully saturated rings. The lowest BCUT2D eigenvalue weighted by Crippen LogP contribution is -2.35. The molecule has 2 aliphatic heterocycles. The lowest BCUT2D eigenvalue weighted by Gasteiger charge is -2.36. The van der Waals surface area contributed by atoms with Crippen molar-refractivity contribution in [2.75, 3.05) is 7.05 Å². The Morgan fingerprint density at radius 2 is 1.56 bits per heavy atom. The SMILES string of the molecule is CN1N=C2c3cc(O)ccc3OC(c3ccccc3)C2C1c1ccccc1. The smallest absolute Gasteiger partial charge is 0.135 e. The molecule has 2 heterocycles. The normalized spacial score (nSPS) is 23.2. The molecule has 0 saturated heterocycles. The van der Waals surface area contributed by atoms with Crippen molar-refractivity contribution < 1.29 is 9.84 Å². The fourth-order valence-electron chi connectivity index (χ4n) is 4.25. The number of hydrogen-bond acceptors (Lipinski definition) is 4. The van der Waals surface area contributed by atoms with Crippen molar-refractivity contribution in [3.63, 3.8) is 0 Å². The summed E-state index contributed by atoms with van der Waals surface area (Å²) in [5.41, 5.74) is 4.18. The summed E-state index contributed by atoms with van der Waals surface area (Å²) >= 11 is 0. The third-order valence-corrected chi connectivity index (χ3v) is 5.41. The highest BCUT2D eigenvalue weighted by atomic mass is 16.5. The number of phenols is 1. The summed E-state index contributed by atoms with van der Waals surface area (Å²) in [6.45, 7) is 0. The second-order valence-corrected chi connectivity index (χ2v) is 7.07. The highest BCUT2D eigenvalue weighted by Crippen LogP contribution is 2.50. The van der Waals surface area contributed by atoms with Gasteiger partial charge in [0.15, 0.2) is 0 Å². The van der Waals surface area contributed by atoms with Crippen LogP contribution in [-0.4, -0.2) is 22.9 Å². The number of ether oxygens (including phenoxy) is 1. The van der Waals surface area contributed by atoms with Gasteiger partial charge in [-0.05, 0) is 29.3 Å². The minimum absolute atomic E-state index is 0.0362. The molecule has 3 unspecified atom stereocenters. The Balaban J connectivity index is 1.69. The number of fused-ring (bicyclic) bond motifs is 3. The van der Waals surface area contributed by atoms with E-state index in [1.165, 1.54) is 5.56 Å². The monoisotopic (exact) mass is 356 g/mol. The van der Waals surface area contributed by atoms with E-state index in [9.17, 15) is 5.11 Å². The Morgan fingerprint density at radius 3 is 2.26 bits per heavy atom. The summed E-state index contributed by atoms with van der Waals surface area (Å²) in [6.07, 6.45) is -0.142. The van der Waals surface area contributed by atoms with Gasteiger partial charge in [0.2, 0.25) is 0 Å². The number of nitrogens with zero attached hydrogens (tertiary/aromatic N) is 2. The van der Waals surface area contributed by atoms with E-state index in [0.29, 0.717) is 0 Å². The Morgan fingerprint density at radius 1 is 0.889 bits per heavy atom. The van der Waals surface area contributed by atoms with Gasteiger partial charge >= 0.3 is 0 Å². The number of rotatable bonds is 2. The number of hydrogen-bond donors (Lipinski definition) is 1. The molecule has 3 aromatic carbocycles. The fraction of sp³-hybridized carbons (Fsp3) is 0.174.